The average Bonchev–Trinajstić information content (AvgIpc) is 2.30. The number of nitrogen functional groups attached to an aromatic ring is 1. The summed E-state index contributed by atoms with van der Waals surface area (Å²) in [6, 6.07) is 0. The first-order chi connectivity index (χ1) is 7.75. The van der Waals surface area contributed by atoms with Crippen LogP contribution in [-0.2, 0) is 4.74 Å². The van der Waals surface area contributed by atoms with Gasteiger partial charge in [-0.05, 0) is 18.8 Å². The molecule has 1 aromatic rings. The lowest BCUT2D eigenvalue weighted by Gasteiger charge is -2.27. The molecule has 0 saturated carbocycles. The third-order valence-electron chi connectivity index (χ3n) is 2.82. The molecule has 0 bridgehead atoms. The summed E-state index contributed by atoms with van der Waals surface area (Å²) < 4.78 is 5.46. The highest BCUT2D eigenvalue weighted by Crippen LogP contribution is 2.17. The molecule has 88 valence electrons. The van der Waals surface area contributed by atoms with Gasteiger partial charge in [0.1, 0.15) is 11.6 Å². The van der Waals surface area contributed by atoms with Crippen LogP contribution in [0.3, 0.4) is 0 Å². The van der Waals surface area contributed by atoms with E-state index in [0.717, 1.165) is 32.0 Å². The van der Waals surface area contributed by atoms with E-state index in [-0.39, 0.29) is 0 Å². The van der Waals surface area contributed by atoms with Crippen molar-refractivity contribution in [2.75, 3.05) is 37.4 Å². The number of rotatable bonds is 3. The van der Waals surface area contributed by atoms with Crippen molar-refractivity contribution in [3.63, 3.8) is 0 Å². The maximum Gasteiger partial charge on any atom is 0.149 e. The van der Waals surface area contributed by atoms with Crippen molar-refractivity contribution in [3.05, 3.63) is 12.4 Å². The Morgan fingerprint density at radius 1 is 1.56 bits per heavy atom. The molecule has 2 heterocycles. The Hall–Kier alpha value is -1.36. The normalized spacial score (nSPS) is 20.7. The molecule has 1 aromatic heterocycles. The predicted molar refractivity (Wildman–Crippen MR) is 63.3 cm³/mol. The molecule has 1 saturated heterocycles. The van der Waals surface area contributed by atoms with Crippen LogP contribution in [0.2, 0.25) is 0 Å². The van der Waals surface area contributed by atoms with Crippen LogP contribution < -0.4 is 10.6 Å². The topological polar surface area (TPSA) is 64.3 Å². The van der Waals surface area contributed by atoms with Gasteiger partial charge in [-0.1, -0.05) is 0 Å². The number of hydrogen-bond donors (Lipinski definition) is 1. The second-order valence-electron chi connectivity index (χ2n) is 4.27. The van der Waals surface area contributed by atoms with Gasteiger partial charge >= 0.3 is 0 Å². The van der Waals surface area contributed by atoms with Crippen molar-refractivity contribution in [2.45, 2.75) is 12.8 Å². The molecule has 5 nitrogen and oxygen atoms in total. The summed E-state index contributed by atoms with van der Waals surface area (Å²) in [7, 11) is 2.01. The number of aromatic nitrogens is 2. The number of nitrogens with zero attached hydrogens (tertiary/aromatic N) is 3. The fourth-order valence-corrected chi connectivity index (χ4v) is 1.99. The Balaban J connectivity index is 1.94. The predicted octanol–water partition coefficient (Wildman–Crippen LogP) is 0.922. The molecule has 2 N–H and O–H groups in total. The Kier molecular flexibility index (Phi) is 3.56. The van der Waals surface area contributed by atoms with Crippen LogP contribution in [0.1, 0.15) is 12.8 Å². The SMILES string of the molecule is CN(CC1CCCOC1)c1cncc(N)n1. The Morgan fingerprint density at radius 3 is 3.12 bits per heavy atom. The first kappa shape index (κ1) is 11.1. The van der Waals surface area contributed by atoms with Gasteiger partial charge in [0.05, 0.1) is 19.0 Å². The standard InChI is InChI=1S/C11H18N4O/c1-15(7-9-3-2-4-16-8-9)11-6-13-5-10(12)14-11/h5-6,9H,2-4,7-8H2,1H3,(H2,12,14). The Bertz CT molecular complexity index is 339. The van der Waals surface area contributed by atoms with Crippen molar-refractivity contribution >= 4 is 11.6 Å². The molecule has 0 aliphatic carbocycles. The van der Waals surface area contributed by atoms with E-state index in [1.54, 1.807) is 12.4 Å². The largest absolute Gasteiger partial charge is 0.382 e. The minimum absolute atomic E-state index is 0.462. The van der Waals surface area contributed by atoms with Gasteiger partial charge in [-0.2, -0.15) is 0 Å². The zero-order valence-corrected chi connectivity index (χ0v) is 9.59. The van der Waals surface area contributed by atoms with Crippen LogP contribution in [0.25, 0.3) is 0 Å². The molecule has 1 atom stereocenters. The summed E-state index contributed by atoms with van der Waals surface area (Å²) >= 11 is 0. The highest BCUT2D eigenvalue weighted by molar-refractivity contribution is 5.40. The summed E-state index contributed by atoms with van der Waals surface area (Å²) in [6.07, 6.45) is 5.67. The quantitative estimate of drug-likeness (QED) is 0.824. The average molecular weight is 222 g/mol. The molecule has 1 aliphatic heterocycles. The Labute approximate surface area is 95.6 Å². The molecular formula is C11H18N4O. The molecule has 0 amide bonds. The lowest BCUT2D eigenvalue weighted by molar-refractivity contribution is 0.0576. The molecule has 0 radical (unpaired) electrons. The second-order valence-corrected chi connectivity index (χ2v) is 4.27. The summed E-state index contributed by atoms with van der Waals surface area (Å²) in [6.45, 7) is 2.69. The molecule has 1 unspecified atom stereocenters. The lowest BCUT2D eigenvalue weighted by atomic mass is 10.0. The smallest absolute Gasteiger partial charge is 0.149 e. The van der Waals surface area contributed by atoms with Crippen LogP contribution in [0.5, 0.6) is 0 Å². The molecule has 1 fully saturated rings. The zero-order chi connectivity index (χ0) is 11.4. The van der Waals surface area contributed by atoms with Gasteiger partial charge in [0.25, 0.3) is 0 Å². The first-order valence-electron chi connectivity index (χ1n) is 5.62. The highest BCUT2D eigenvalue weighted by atomic mass is 16.5. The van der Waals surface area contributed by atoms with E-state index in [4.69, 9.17) is 10.5 Å². The Morgan fingerprint density at radius 2 is 2.44 bits per heavy atom. The molecule has 5 heteroatoms. The van der Waals surface area contributed by atoms with Crippen LogP contribution in [0.4, 0.5) is 11.6 Å². The van der Waals surface area contributed by atoms with E-state index in [0.29, 0.717) is 11.7 Å². The zero-order valence-electron chi connectivity index (χ0n) is 9.59. The summed E-state index contributed by atoms with van der Waals surface area (Å²) in [4.78, 5) is 10.4. The van der Waals surface area contributed by atoms with Crippen molar-refractivity contribution in [2.24, 2.45) is 5.92 Å². The van der Waals surface area contributed by atoms with Crippen molar-refractivity contribution < 1.29 is 4.74 Å². The molecule has 2 rings (SSSR count). The van der Waals surface area contributed by atoms with Gasteiger partial charge < -0.3 is 15.4 Å². The molecule has 16 heavy (non-hydrogen) atoms. The van der Waals surface area contributed by atoms with Gasteiger partial charge in [-0.25, -0.2) is 4.98 Å². The van der Waals surface area contributed by atoms with Crippen molar-refractivity contribution in [1.29, 1.82) is 0 Å². The first-order valence-corrected chi connectivity index (χ1v) is 5.62. The van der Waals surface area contributed by atoms with Crippen LogP contribution in [0.15, 0.2) is 12.4 Å². The summed E-state index contributed by atoms with van der Waals surface area (Å²) in [5.74, 6) is 1.87. The monoisotopic (exact) mass is 222 g/mol. The van der Waals surface area contributed by atoms with Gasteiger partial charge in [-0.3, -0.25) is 4.98 Å². The molecular weight excluding hydrogens is 204 g/mol. The third-order valence-corrected chi connectivity index (χ3v) is 2.82. The molecule has 0 spiro atoms. The molecule has 1 aliphatic rings. The lowest BCUT2D eigenvalue weighted by Crippen LogP contribution is -2.31. The minimum Gasteiger partial charge on any atom is -0.382 e. The van der Waals surface area contributed by atoms with E-state index in [1.165, 1.54) is 6.42 Å². The molecule has 0 aromatic carbocycles. The van der Waals surface area contributed by atoms with Crippen LogP contribution >= 0.6 is 0 Å². The number of hydrogen-bond acceptors (Lipinski definition) is 5. The van der Waals surface area contributed by atoms with Gasteiger partial charge in [0, 0.05) is 20.2 Å². The highest BCUT2D eigenvalue weighted by Gasteiger charge is 2.16. The van der Waals surface area contributed by atoms with E-state index in [1.807, 2.05) is 7.05 Å². The fraction of sp³-hybridized carbons (Fsp3) is 0.636. The maximum absolute atomic E-state index is 5.60. The number of ether oxygens (including phenoxy) is 1. The second kappa shape index (κ2) is 5.12. The van der Waals surface area contributed by atoms with E-state index >= 15 is 0 Å². The van der Waals surface area contributed by atoms with Gasteiger partial charge in [0.15, 0.2) is 0 Å². The van der Waals surface area contributed by atoms with Crippen LogP contribution in [-0.4, -0.2) is 36.8 Å². The third kappa shape index (κ3) is 2.82. The van der Waals surface area contributed by atoms with Crippen molar-refractivity contribution in [3.8, 4) is 0 Å². The summed E-state index contributed by atoms with van der Waals surface area (Å²) in [5, 5.41) is 0. The van der Waals surface area contributed by atoms with Crippen molar-refractivity contribution in [1.82, 2.24) is 9.97 Å². The minimum atomic E-state index is 0.462. The fourth-order valence-electron chi connectivity index (χ4n) is 1.99. The maximum atomic E-state index is 5.60. The van der Waals surface area contributed by atoms with E-state index in [2.05, 4.69) is 14.9 Å². The number of anilines is 2. The summed E-state index contributed by atoms with van der Waals surface area (Å²) in [5.41, 5.74) is 5.60. The van der Waals surface area contributed by atoms with E-state index < -0.39 is 0 Å². The van der Waals surface area contributed by atoms with Gasteiger partial charge in [0.2, 0.25) is 0 Å². The van der Waals surface area contributed by atoms with Crippen LogP contribution in [0, 0.1) is 5.92 Å². The number of nitrogens with two attached hydrogens (primary N) is 1. The van der Waals surface area contributed by atoms with E-state index in [9.17, 15) is 0 Å². The van der Waals surface area contributed by atoms with Gasteiger partial charge in [-0.15, -0.1) is 0 Å².